The molecule has 0 spiro atoms. The Hall–Kier alpha value is -0.530. The van der Waals surface area contributed by atoms with Crippen LogP contribution >= 0.6 is 0 Å². The van der Waals surface area contributed by atoms with Crippen LogP contribution < -0.4 is 0 Å². The number of hydrogen-bond acceptors (Lipinski definition) is 2. The van der Waals surface area contributed by atoms with E-state index in [4.69, 9.17) is 4.74 Å². The molecule has 0 heterocycles. The molecule has 0 atom stereocenters. The van der Waals surface area contributed by atoms with E-state index in [1.165, 1.54) is 38.5 Å². The fourth-order valence-corrected chi connectivity index (χ4v) is 1.94. The van der Waals surface area contributed by atoms with Gasteiger partial charge in [0.2, 0.25) is 0 Å². The first-order valence-electron chi connectivity index (χ1n) is 7.76. The fraction of sp³-hybridized carbons (Fsp3) is 0.875. The van der Waals surface area contributed by atoms with Gasteiger partial charge in [-0.25, -0.2) is 0 Å². The van der Waals surface area contributed by atoms with E-state index in [9.17, 15) is 4.79 Å². The zero-order valence-electron chi connectivity index (χ0n) is 12.2. The van der Waals surface area contributed by atoms with Crippen LogP contribution in [0.25, 0.3) is 0 Å². The lowest BCUT2D eigenvalue weighted by Gasteiger charge is -2.04. The molecule has 0 aliphatic rings. The lowest BCUT2D eigenvalue weighted by atomic mass is 10.1. The minimum Gasteiger partial charge on any atom is -0.466 e. The summed E-state index contributed by atoms with van der Waals surface area (Å²) in [5.74, 6) is -0.0231. The maximum Gasteiger partial charge on any atom is 0.305 e. The van der Waals surface area contributed by atoms with E-state index in [0.717, 1.165) is 32.1 Å². The van der Waals surface area contributed by atoms with Crippen molar-refractivity contribution in [3.05, 3.63) is 6.92 Å². The Labute approximate surface area is 113 Å². The predicted octanol–water partition coefficient (Wildman–Crippen LogP) is 5.06. The molecule has 2 heteroatoms. The van der Waals surface area contributed by atoms with Gasteiger partial charge in [0.1, 0.15) is 0 Å². The molecule has 0 aromatic rings. The Bertz CT molecular complexity index is 178. The smallest absolute Gasteiger partial charge is 0.305 e. The van der Waals surface area contributed by atoms with Gasteiger partial charge in [-0.15, -0.1) is 0 Å². The molecular formula is C16H31O2. The molecule has 0 aliphatic carbocycles. The van der Waals surface area contributed by atoms with Gasteiger partial charge in [-0.1, -0.05) is 71.6 Å². The molecule has 0 bridgehead atoms. The Kier molecular flexibility index (Phi) is 14.1. The van der Waals surface area contributed by atoms with Gasteiger partial charge in [-0.3, -0.25) is 4.79 Å². The van der Waals surface area contributed by atoms with Crippen LogP contribution in [0.4, 0.5) is 0 Å². The summed E-state index contributed by atoms with van der Waals surface area (Å²) in [5.41, 5.74) is 0. The monoisotopic (exact) mass is 255 g/mol. The highest BCUT2D eigenvalue weighted by Gasteiger charge is 2.01. The summed E-state index contributed by atoms with van der Waals surface area (Å²) >= 11 is 0. The number of carbonyl (C=O) groups is 1. The summed E-state index contributed by atoms with van der Waals surface area (Å²) in [6.07, 6.45) is 13.5. The van der Waals surface area contributed by atoms with Crippen molar-refractivity contribution >= 4 is 5.97 Å². The van der Waals surface area contributed by atoms with Crippen molar-refractivity contribution in [2.75, 3.05) is 6.61 Å². The summed E-state index contributed by atoms with van der Waals surface area (Å²) in [4.78, 5) is 11.3. The third-order valence-electron chi connectivity index (χ3n) is 3.14. The fourth-order valence-electron chi connectivity index (χ4n) is 1.94. The van der Waals surface area contributed by atoms with E-state index in [1.807, 2.05) is 0 Å². The second kappa shape index (κ2) is 14.5. The molecule has 0 fully saturated rings. The molecule has 107 valence electrons. The molecular weight excluding hydrogens is 224 g/mol. The third-order valence-corrected chi connectivity index (χ3v) is 3.14. The zero-order chi connectivity index (χ0) is 13.5. The first kappa shape index (κ1) is 17.5. The standard InChI is InChI=1S/C16H31O2/c1-3-5-7-9-10-11-13-15-18-16(17)14-12-8-6-4-2/h2-15H2,1H3. The maximum atomic E-state index is 11.3. The SMILES string of the molecule is [CH2]CCCCCC(=O)OCCCCCCCCC. The van der Waals surface area contributed by atoms with Crippen LogP contribution in [0.5, 0.6) is 0 Å². The lowest BCUT2D eigenvalue weighted by Crippen LogP contribution is -2.05. The van der Waals surface area contributed by atoms with Crippen molar-refractivity contribution in [1.29, 1.82) is 0 Å². The molecule has 0 aromatic heterocycles. The Morgan fingerprint density at radius 2 is 1.50 bits per heavy atom. The normalized spacial score (nSPS) is 10.6. The molecule has 0 aromatic carbocycles. The van der Waals surface area contributed by atoms with Crippen LogP contribution in [0.3, 0.4) is 0 Å². The summed E-state index contributed by atoms with van der Waals surface area (Å²) in [7, 11) is 0. The molecule has 0 saturated carbocycles. The minimum absolute atomic E-state index is 0.0231. The van der Waals surface area contributed by atoms with Gasteiger partial charge in [-0.05, 0) is 12.8 Å². The number of ether oxygens (including phenoxy) is 1. The predicted molar refractivity (Wildman–Crippen MR) is 77.4 cm³/mol. The van der Waals surface area contributed by atoms with E-state index in [0.29, 0.717) is 13.0 Å². The zero-order valence-corrected chi connectivity index (χ0v) is 12.2. The summed E-state index contributed by atoms with van der Waals surface area (Å²) in [6.45, 7) is 6.63. The highest BCUT2D eigenvalue weighted by Crippen LogP contribution is 2.07. The van der Waals surface area contributed by atoms with Crippen LogP contribution in [0, 0.1) is 6.92 Å². The molecule has 0 unspecified atom stereocenters. The van der Waals surface area contributed by atoms with E-state index in [1.54, 1.807) is 0 Å². The molecule has 0 rings (SSSR count). The molecule has 1 radical (unpaired) electrons. The van der Waals surface area contributed by atoms with Crippen LogP contribution in [-0.2, 0) is 9.53 Å². The first-order valence-corrected chi connectivity index (χ1v) is 7.76. The number of esters is 1. The van der Waals surface area contributed by atoms with Crippen LogP contribution in [0.15, 0.2) is 0 Å². The topological polar surface area (TPSA) is 26.3 Å². The largest absolute Gasteiger partial charge is 0.466 e. The summed E-state index contributed by atoms with van der Waals surface area (Å²) in [6, 6.07) is 0. The van der Waals surface area contributed by atoms with Crippen molar-refractivity contribution in [2.24, 2.45) is 0 Å². The van der Waals surface area contributed by atoms with E-state index >= 15 is 0 Å². The Morgan fingerprint density at radius 1 is 0.889 bits per heavy atom. The molecule has 0 aliphatic heterocycles. The lowest BCUT2D eigenvalue weighted by molar-refractivity contribution is -0.143. The second-order valence-electron chi connectivity index (χ2n) is 5.01. The van der Waals surface area contributed by atoms with Crippen molar-refractivity contribution < 1.29 is 9.53 Å². The molecule has 0 saturated heterocycles. The van der Waals surface area contributed by atoms with Gasteiger partial charge in [0.05, 0.1) is 6.61 Å². The number of hydrogen-bond donors (Lipinski definition) is 0. The van der Waals surface area contributed by atoms with E-state index in [-0.39, 0.29) is 5.97 Å². The average Bonchev–Trinajstić information content (AvgIpc) is 2.38. The van der Waals surface area contributed by atoms with E-state index < -0.39 is 0 Å². The molecule has 0 amide bonds. The summed E-state index contributed by atoms with van der Waals surface area (Å²) < 4.78 is 5.20. The quantitative estimate of drug-likeness (QED) is 0.339. The van der Waals surface area contributed by atoms with Gasteiger partial charge in [0.25, 0.3) is 0 Å². The number of rotatable bonds is 13. The summed E-state index contributed by atoms with van der Waals surface area (Å²) in [5, 5.41) is 0. The molecule has 18 heavy (non-hydrogen) atoms. The van der Waals surface area contributed by atoms with Gasteiger partial charge in [0.15, 0.2) is 0 Å². The van der Waals surface area contributed by atoms with Gasteiger partial charge in [-0.2, -0.15) is 0 Å². The highest BCUT2D eigenvalue weighted by molar-refractivity contribution is 5.69. The minimum atomic E-state index is -0.0231. The van der Waals surface area contributed by atoms with Crippen molar-refractivity contribution in [3.63, 3.8) is 0 Å². The second-order valence-corrected chi connectivity index (χ2v) is 5.01. The Balaban J connectivity index is 3.10. The van der Waals surface area contributed by atoms with Crippen LogP contribution in [0.2, 0.25) is 0 Å². The van der Waals surface area contributed by atoms with E-state index in [2.05, 4.69) is 13.8 Å². The Morgan fingerprint density at radius 3 is 2.17 bits per heavy atom. The van der Waals surface area contributed by atoms with Crippen LogP contribution in [0.1, 0.15) is 84.0 Å². The number of unbranched alkanes of at least 4 members (excludes halogenated alkanes) is 9. The maximum absolute atomic E-state index is 11.3. The average molecular weight is 255 g/mol. The van der Waals surface area contributed by atoms with Crippen molar-refractivity contribution in [2.45, 2.75) is 84.0 Å². The molecule has 0 N–H and O–H groups in total. The van der Waals surface area contributed by atoms with Gasteiger partial charge < -0.3 is 4.74 Å². The third kappa shape index (κ3) is 13.5. The van der Waals surface area contributed by atoms with Crippen molar-refractivity contribution in [3.8, 4) is 0 Å². The van der Waals surface area contributed by atoms with Gasteiger partial charge >= 0.3 is 5.97 Å². The van der Waals surface area contributed by atoms with Gasteiger partial charge in [0, 0.05) is 6.42 Å². The number of carbonyl (C=O) groups excluding carboxylic acids is 1. The van der Waals surface area contributed by atoms with Crippen molar-refractivity contribution in [1.82, 2.24) is 0 Å². The van der Waals surface area contributed by atoms with Crippen LogP contribution in [-0.4, -0.2) is 12.6 Å². The molecule has 2 nitrogen and oxygen atoms in total. The highest BCUT2D eigenvalue weighted by atomic mass is 16.5. The first-order chi connectivity index (χ1) is 8.81.